The first-order valence-electron chi connectivity index (χ1n) is 8.25. The van der Waals surface area contributed by atoms with Gasteiger partial charge in [-0.15, -0.1) is 24.0 Å². The molecular formula is C17H26IN5O. The molecule has 24 heavy (non-hydrogen) atoms. The second kappa shape index (κ2) is 8.13. The van der Waals surface area contributed by atoms with E-state index in [0.29, 0.717) is 13.0 Å². The number of carbonyl (C=O) groups excluding carboxylic acids is 1. The molecule has 1 aromatic rings. The molecule has 2 aliphatic heterocycles. The highest BCUT2D eigenvalue weighted by atomic mass is 127. The van der Waals surface area contributed by atoms with Gasteiger partial charge in [-0.1, -0.05) is 6.07 Å². The van der Waals surface area contributed by atoms with Crippen LogP contribution >= 0.6 is 24.0 Å². The van der Waals surface area contributed by atoms with Crippen LogP contribution in [0.2, 0.25) is 0 Å². The Balaban J connectivity index is 0.00000208. The molecule has 3 rings (SSSR count). The zero-order valence-electron chi connectivity index (χ0n) is 14.3. The van der Waals surface area contributed by atoms with E-state index in [1.54, 1.807) is 0 Å². The lowest BCUT2D eigenvalue weighted by Gasteiger charge is -2.40. The molecule has 3 heterocycles. The molecule has 0 radical (unpaired) electrons. The zero-order valence-corrected chi connectivity index (χ0v) is 16.7. The van der Waals surface area contributed by atoms with Crippen molar-refractivity contribution in [1.82, 2.24) is 20.5 Å². The van der Waals surface area contributed by atoms with Gasteiger partial charge in [0, 0.05) is 44.7 Å². The standard InChI is InChI=1S/C17H25N5O.HI/c1-13-5-3-7-19-14(13)10-20-16(18-2)22-8-4-6-17(12-22)9-15(23)21-11-17;/h3,5,7H,4,6,8-12H2,1-2H3,(H,18,20)(H,21,23);1H. The highest BCUT2D eigenvalue weighted by Crippen LogP contribution is 2.35. The predicted molar refractivity (Wildman–Crippen MR) is 105 cm³/mol. The molecule has 1 spiro atoms. The number of hydrogen-bond acceptors (Lipinski definition) is 3. The molecule has 6 nitrogen and oxygen atoms in total. The molecule has 0 bridgehead atoms. The molecule has 2 aliphatic rings. The van der Waals surface area contributed by atoms with E-state index in [0.717, 1.165) is 44.1 Å². The summed E-state index contributed by atoms with van der Waals surface area (Å²) in [5.74, 6) is 1.08. The van der Waals surface area contributed by atoms with Gasteiger partial charge in [0.1, 0.15) is 0 Å². The number of aliphatic imine (C=N–C) groups is 1. The molecule has 2 saturated heterocycles. The summed E-state index contributed by atoms with van der Waals surface area (Å²) in [6, 6.07) is 4.02. The average Bonchev–Trinajstić information content (AvgIpc) is 2.90. The minimum Gasteiger partial charge on any atom is -0.355 e. The molecular weight excluding hydrogens is 417 g/mol. The van der Waals surface area contributed by atoms with Gasteiger partial charge >= 0.3 is 0 Å². The van der Waals surface area contributed by atoms with Gasteiger partial charge in [-0.2, -0.15) is 0 Å². The van der Waals surface area contributed by atoms with E-state index >= 15 is 0 Å². The van der Waals surface area contributed by atoms with Crippen LogP contribution in [-0.4, -0.2) is 48.4 Å². The van der Waals surface area contributed by atoms with Crippen LogP contribution in [0.5, 0.6) is 0 Å². The Bertz CT molecular complexity index is 621. The van der Waals surface area contributed by atoms with E-state index in [9.17, 15) is 4.79 Å². The van der Waals surface area contributed by atoms with Gasteiger partial charge in [0.05, 0.1) is 12.2 Å². The third-order valence-corrected chi connectivity index (χ3v) is 4.90. The number of guanidine groups is 1. The summed E-state index contributed by atoms with van der Waals surface area (Å²) in [6.07, 6.45) is 4.66. The monoisotopic (exact) mass is 443 g/mol. The number of carbonyl (C=O) groups is 1. The largest absolute Gasteiger partial charge is 0.355 e. The molecule has 0 aromatic carbocycles. The van der Waals surface area contributed by atoms with Crippen molar-refractivity contribution in [1.29, 1.82) is 0 Å². The first-order chi connectivity index (χ1) is 11.1. The molecule has 0 saturated carbocycles. The lowest BCUT2D eigenvalue weighted by atomic mass is 9.79. The van der Waals surface area contributed by atoms with Gasteiger partial charge in [0.15, 0.2) is 5.96 Å². The Hall–Kier alpha value is -1.38. The molecule has 0 aliphatic carbocycles. The van der Waals surface area contributed by atoms with E-state index in [-0.39, 0.29) is 35.3 Å². The maximum absolute atomic E-state index is 11.6. The number of nitrogens with one attached hydrogen (secondary N) is 2. The third-order valence-electron chi connectivity index (χ3n) is 4.90. The molecule has 2 N–H and O–H groups in total. The van der Waals surface area contributed by atoms with Crippen LogP contribution in [0.15, 0.2) is 23.3 Å². The quantitative estimate of drug-likeness (QED) is 0.415. The summed E-state index contributed by atoms with van der Waals surface area (Å²) in [4.78, 5) is 22.8. The number of rotatable bonds is 2. The van der Waals surface area contributed by atoms with Crippen molar-refractivity contribution in [2.45, 2.75) is 32.7 Å². The van der Waals surface area contributed by atoms with Crippen molar-refractivity contribution in [2.75, 3.05) is 26.7 Å². The maximum atomic E-state index is 11.6. The van der Waals surface area contributed by atoms with Gasteiger partial charge in [-0.05, 0) is 31.4 Å². The van der Waals surface area contributed by atoms with E-state index in [1.165, 1.54) is 5.56 Å². The van der Waals surface area contributed by atoms with Gasteiger partial charge < -0.3 is 15.5 Å². The fourth-order valence-corrected chi connectivity index (χ4v) is 3.63. The summed E-state index contributed by atoms with van der Waals surface area (Å²) in [6.45, 7) is 5.39. The van der Waals surface area contributed by atoms with Gasteiger partial charge in [0.25, 0.3) is 0 Å². The normalized spacial score (nSPS) is 23.8. The van der Waals surface area contributed by atoms with E-state index in [2.05, 4.69) is 38.5 Å². The van der Waals surface area contributed by atoms with Crippen molar-refractivity contribution < 1.29 is 4.79 Å². The SMILES string of the molecule is CN=C(NCc1ncccc1C)N1CCCC2(CNC(=O)C2)C1.I. The van der Waals surface area contributed by atoms with Crippen molar-refractivity contribution >= 4 is 35.8 Å². The highest BCUT2D eigenvalue weighted by molar-refractivity contribution is 14.0. The summed E-state index contributed by atoms with van der Waals surface area (Å²) >= 11 is 0. The number of aryl methyl sites for hydroxylation is 1. The molecule has 1 unspecified atom stereocenters. The number of hydrogen-bond donors (Lipinski definition) is 2. The topological polar surface area (TPSA) is 69.6 Å². The molecule has 1 aromatic heterocycles. The number of likely N-dealkylation sites (tertiary alicyclic amines) is 1. The number of piperidine rings is 1. The Morgan fingerprint density at radius 3 is 3.04 bits per heavy atom. The molecule has 7 heteroatoms. The van der Waals surface area contributed by atoms with Crippen LogP contribution in [0.4, 0.5) is 0 Å². The van der Waals surface area contributed by atoms with E-state index < -0.39 is 0 Å². The summed E-state index contributed by atoms with van der Waals surface area (Å²) in [7, 11) is 1.81. The summed E-state index contributed by atoms with van der Waals surface area (Å²) in [5, 5.41) is 6.41. The fourth-order valence-electron chi connectivity index (χ4n) is 3.63. The van der Waals surface area contributed by atoms with E-state index in [4.69, 9.17) is 0 Å². The molecule has 2 fully saturated rings. The van der Waals surface area contributed by atoms with Crippen molar-refractivity contribution in [3.8, 4) is 0 Å². The highest BCUT2D eigenvalue weighted by Gasteiger charge is 2.42. The van der Waals surface area contributed by atoms with Crippen molar-refractivity contribution in [3.05, 3.63) is 29.6 Å². The van der Waals surface area contributed by atoms with Gasteiger partial charge in [-0.3, -0.25) is 14.8 Å². The number of nitrogens with zero attached hydrogens (tertiary/aromatic N) is 3. The minimum absolute atomic E-state index is 0. The Kier molecular flexibility index (Phi) is 6.42. The van der Waals surface area contributed by atoms with Crippen LogP contribution in [0.3, 0.4) is 0 Å². The van der Waals surface area contributed by atoms with Crippen LogP contribution in [-0.2, 0) is 11.3 Å². The predicted octanol–water partition coefficient (Wildman–Crippen LogP) is 1.69. The maximum Gasteiger partial charge on any atom is 0.220 e. The average molecular weight is 443 g/mol. The van der Waals surface area contributed by atoms with Crippen LogP contribution < -0.4 is 10.6 Å². The smallest absolute Gasteiger partial charge is 0.220 e. The van der Waals surface area contributed by atoms with Gasteiger partial charge in [-0.25, -0.2) is 0 Å². The van der Waals surface area contributed by atoms with Crippen molar-refractivity contribution in [3.63, 3.8) is 0 Å². The fraction of sp³-hybridized carbons (Fsp3) is 0.588. The van der Waals surface area contributed by atoms with E-state index in [1.807, 2.05) is 19.3 Å². The number of aromatic nitrogens is 1. The van der Waals surface area contributed by atoms with Gasteiger partial charge in [0.2, 0.25) is 5.91 Å². The van der Waals surface area contributed by atoms with Crippen LogP contribution in [0.1, 0.15) is 30.5 Å². The first kappa shape index (κ1) is 19.0. The lowest BCUT2D eigenvalue weighted by Crippen LogP contribution is -2.51. The molecule has 1 atom stereocenters. The molecule has 1 amide bonds. The third kappa shape index (κ3) is 4.17. The van der Waals surface area contributed by atoms with Crippen LogP contribution in [0.25, 0.3) is 0 Å². The summed E-state index contributed by atoms with van der Waals surface area (Å²) in [5.41, 5.74) is 2.29. The second-order valence-corrected chi connectivity index (χ2v) is 6.65. The Morgan fingerprint density at radius 2 is 2.38 bits per heavy atom. The van der Waals surface area contributed by atoms with Crippen molar-refractivity contribution in [2.24, 2.45) is 10.4 Å². The second-order valence-electron chi connectivity index (χ2n) is 6.65. The minimum atomic E-state index is 0. The number of amides is 1. The molecule has 132 valence electrons. The lowest BCUT2D eigenvalue weighted by molar-refractivity contribution is -0.119. The Labute approximate surface area is 160 Å². The first-order valence-corrected chi connectivity index (χ1v) is 8.25. The number of halogens is 1. The number of pyridine rings is 1. The van der Waals surface area contributed by atoms with Crippen LogP contribution in [0, 0.1) is 12.3 Å². The summed E-state index contributed by atoms with van der Waals surface area (Å²) < 4.78 is 0. The Morgan fingerprint density at radius 1 is 1.54 bits per heavy atom. The zero-order chi connectivity index (χ0) is 16.3.